The van der Waals surface area contributed by atoms with Gasteiger partial charge in [0.05, 0.1) is 19.1 Å². The van der Waals surface area contributed by atoms with Crippen LogP contribution in [-0.2, 0) is 28.9 Å². The number of ether oxygens (including phenoxy) is 1. The van der Waals surface area contributed by atoms with Crippen molar-refractivity contribution in [2.45, 2.75) is 26.3 Å². The van der Waals surface area contributed by atoms with Crippen molar-refractivity contribution in [2.75, 3.05) is 14.2 Å². The third-order valence-corrected chi connectivity index (χ3v) is 5.41. The molecule has 0 spiro atoms. The number of phenols is 1. The molecule has 0 saturated carbocycles. The summed E-state index contributed by atoms with van der Waals surface area (Å²) in [4.78, 5) is 26.1. The molecule has 1 aliphatic heterocycles. The van der Waals surface area contributed by atoms with Crippen molar-refractivity contribution in [1.29, 1.82) is 0 Å². The Hall–Kier alpha value is -3.41. The highest BCUT2D eigenvalue weighted by atomic mass is 19.1. The van der Waals surface area contributed by atoms with E-state index in [1.807, 2.05) is 6.08 Å². The fourth-order valence-electron chi connectivity index (χ4n) is 3.72. The van der Waals surface area contributed by atoms with Crippen LogP contribution < -0.4 is 0 Å². The predicted octanol–water partition coefficient (Wildman–Crippen LogP) is 3.95. The Labute approximate surface area is 175 Å². The fourth-order valence-corrected chi connectivity index (χ4v) is 3.72. The van der Waals surface area contributed by atoms with Gasteiger partial charge >= 0.3 is 5.97 Å². The smallest absolute Gasteiger partial charge is 0.310 e. The van der Waals surface area contributed by atoms with Crippen LogP contribution in [0.1, 0.15) is 38.2 Å². The van der Waals surface area contributed by atoms with Crippen LogP contribution in [0.15, 0.2) is 42.5 Å². The SMILES string of the molecule is C=C/C(=C\c1c(C)c(O)c2c(c1CC(=O)OC)CN(C)C2=O)Cc1ccc(F)cc1. The first kappa shape index (κ1) is 21.3. The van der Waals surface area contributed by atoms with Gasteiger partial charge in [-0.1, -0.05) is 30.9 Å². The Morgan fingerprint density at radius 3 is 2.57 bits per heavy atom. The van der Waals surface area contributed by atoms with E-state index < -0.39 is 5.97 Å². The van der Waals surface area contributed by atoms with Gasteiger partial charge in [0.15, 0.2) is 0 Å². The second-order valence-corrected chi connectivity index (χ2v) is 7.36. The quantitative estimate of drug-likeness (QED) is 0.580. The lowest BCUT2D eigenvalue weighted by Crippen LogP contribution is -2.17. The Balaban J connectivity index is 2.15. The molecule has 1 aliphatic rings. The van der Waals surface area contributed by atoms with Gasteiger partial charge in [0.25, 0.3) is 5.91 Å². The topological polar surface area (TPSA) is 66.8 Å². The van der Waals surface area contributed by atoms with Gasteiger partial charge in [-0.15, -0.1) is 0 Å². The van der Waals surface area contributed by atoms with E-state index in [2.05, 4.69) is 6.58 Å². The monoisotopic (exact) mass is 409 g/mol. The van der Waals surface area contributed by atoms with Crippen molar-refractivity contribution in [3.05, 3.63) is 81.7 Å². The minimum absolute atomic E-state index is 0.0200. The van der Waals surface area contributed by atoms with Crippen molar-refractivity contribution < 1.29 is 23.8 Å². The second kappa shape index (κ2) is 8.53. The minimum atomic E-state index is -0.433. The van der Waals surface area contributed by atoms with E-state index in [4.69, 9.17) is 4.74 Å². The van der Waals surface area contributed by atoms with Crippen LogP contribution in [0, 0.1) is 12.7 Å². The zero-order chi connectivity index (χ0) is 22.0. The summed E-state index contributed by atoms with van der Waals surface area (Å²) in [6.45, 7) is 5.88. The lowest BCUT2D eigenvalue weighted by atomic mass is 9.88. The average Bonchev–Trinajstić information content (AvgIpc) is 3.03. The van der Waals surface area contributed by atoms with Gasteiger partial charge in [-0.2, -0.15) is 0 Å². The Morgan fingerprint density at radius 2 is 1.97 bits per heavy atom. The van der Waals surface area contributed by atoms with E-state index in [1.54, 1.807) is 32.2 Å². The lowest BCUT2D eigenvalue weighted by Gasteiger charge is -2.17. The highest BCUT2D eigenvalue weighted by Gasteiger charge is 2.33. The van der Waals surface area contributed by atoms with E-state index in [9.17, 15) is 19.1 Å². The molecule has 0 saturated heterocycles. The van der Waals surface area contributed by atoms with Crippen molar-refractivity contribution in [1.82, 2.24) is 4.90 Å². The molecule has 156 valence electrons. The van der Waals surface area contributed by atoms with E-state index in [0.29, 0.717) is 35.2 Å². The molecule has 1 N–H and O–H groups in total. The number of hydrogen-bond donors (Lipinski definition) is 1. The number of benzene rings is 2. The highest BCUT2D eigenvalue weighted by Crippen LogP contribution is 2.39. The van der Waals surface area contributed by atoms with Crippen LogP contribution in [0.4, 0.5) is 4.39 Å². The van der Waals surface area contributed by atoms with E-state index in [0.717, 1.165) is 11.1 Å². The molecule has 0 atom stereocenters. The van der Waals surface area contributed by atoms with Gasteiger partial charge in [0.2, 0.25) is 0 Å². The molecular formula is C24H24FNO4. The highest BCUT2D eigenvalue weighted by molar-refractivity contribution is 6.02. The van der Waals surface area contributed by atoms with Gasteiger partial charge < -0.3 is 14.7 Å². The summed E-state index contributed by atoms with van der Waals surface area (Å²) in [5, 5.41) is 10.7. The number of carbonyl (C=O) groups is 2. The fraction of sp³-hybridized carbons (Fsp3) is 0.250. The molecule has 30 heavy (non-hydrogen) atoms. The molecule has 0 fully saturated rings. The van der Waals surface area contributed by atoms with Crippen molar-refractivity contribution in [3.63, 3.8) is 0 Å². The van der Waals surface area contributed by atoms with E-state index >= 15 is 0 Å². The summed E-state index contributed by atoms with van der Waals surface area (Å²) in [6, 6.07) is 6.19. The van der Waals surface area contributed by atoms with Gasteiger partial charge in [-0.3, -0.25) is 9.59 Å². The molecular weight excluding hydrogens is 385 g/mol. The van der Waals surface area contributed by atoms with Gasteiger partial charge in [0.1, 0.15) is 11.6 Å². The number of allylic oxidation sites excluding steroid dienone is 2. The number of hydrogen-bond acceptors (Lipinski definition) is 4. The van der Waals surface area contributed by atoms with Crippen LogP contribution in [0.5, 0.6) is 5.75 Å². The van der Waals surface area contributed by atoms with E-state index in [-0.39, 0.29) is 29.5 Å². The first-order valence-electron chi connectivity index (χ1n) is 9.53. The molecule has 3 rings (SSSR count). The molecule has 0 aliphatic carbocycles. The molecule has 2 aromatic rings. The molecule has 0 bridgehead atoms. The van der Waals surface area contributed by atoms with Crippen LogP contribution in [0.3, 0.4) is 0 Å². The number of halogens is 1. The Bertz CT molecular complexity index is 1050. The van der Waals surface area contributed by atoms with Crippen LogP contribution in [0.25, 0.3) is 6.08 Å². The summed E-state index contributed by atoms with van der Waals surface area (Å²) < 4.78 is 18.1. The Kier molecular flexibility index (Phi) is 6.06. The van der Waals surface area contributed by atoms with Crippen LogP contribution in [-0.4, -0.2) is 36.0 Å². The Morgan fingerprint density at radius 1 is 1.30 bits per heavy atom. The molecule has 0 aromatic heterocycles. The van der Waals surface area contributed by atoms with Crippen molar-refractivity contribution in [3.8, 4) is 5.75 Å². The number of rotatable bonds is 6. The summed E-state index contributed by atoms with van der Waals surface area (Å²) in [7, 11) is 2.96. The number of esters is 1. The predicted molar refractivity (Wildman–Crippen MR) is 113 cm³/mol. The molecule has 1 heterocycles. The van der Waals surface area contributed by atoms with Crippen LogP contribution >= 0.6 is 0 Å². The molecule has 0 unspecified atom stereocenters. The molecule has 0 radical (unpaired) electrons. The summed E-state index contributed by atoms with van der Waals surface area (Å²) >= 11 is 0. The van der Waals surface area contributed by atoms with Gasteiger partial charge in [-0.05, 0) is 58.9 Å². The van der Waals surface area contributed by atoms with Crippen LogP contribution in [0.2, 0.25) is 0 Å². The number of carbonyl (C=O) groups excluding carboxylic acids is 2. The van der Waals surface area contributed by atoms with E-state index in [1.165, 1.54) is 24.1 Å². The zero-order valence-electron chi connectivity index (χ0n) is 17.3. The normalized spacial score (nSPS) is 13.4. The number of amides is 1. The molecule has 2 aromatic carbocycles. The van der Waals surface area contributed by atoms with Gasteiger partial charge in [-0.25, -0.2) is 4.39 Å². The second-order valence-electron chi connectivity index (χ2n) is 7.36. The molecule has 1 amide bonds. The summed E-state index contributed by atoms with van der Waals surface area (Å²) in [5.74, 6) is -1.10. The largest absolute Gasteiger partial charge is 0.507 e. The maximum Gasteiger partial charge on any atom is 0.310 e. The maximum atomic E-state index is 13.2. The minimum Gasteiger partial charge on any atom is -0.507 e. The third kappa shape index (κ3) is 3.99. The maximum absolute atomic E-state index is 13.2. The number of methoxy groups -OCH3 is 1. The summed E-state index contributed by atoms with van der Waals surface area (Å²) in [6.07, 6.45) is 4.02. The van der Waals surface area contributed by atoms with Crippen molar-refractivity contribution >= 4 is 18.0 Å². The third-order valence-electron chi connectivity index (χ3n) is 5.41. The van der Waals surface area contributed by atoms with Crippen molar-refractivity contribution in [2.24, 2.45) is 0 Å². The standard InChI is InChI=1S/C24H24FNO4/c1-5-15(10-16-6-8-17(25)9-7-16)11-18-14(2)23(28)22-20(13-26(3)24(22)29)19(18)12-21(27)30-4/h5-9,11,28H,1,10,12-13H2,2-4H3/b15-11+. The molecule has 5 nitrogen and oxygen atoms in total. The first-order valence-corrected chi connectivity index (χ1v) is 9.53. The molecule has 6 heteroatoms. The lowest BCUT2D eigenvalue weighted by molar-refractivity contribution is -0.139. The number of fused-ring (bicyclic) bond motifs is 1. The number of phenolic OH excluding ortho intramolecular Hbond substituents is 1. The summed E-state index contributed by atoms with van der Waals surface area (Å²) in [5.41, 5.74) is 4.43. The van der Waals surface area contributed by atoms with Gasteiger partial charge in [0, 0.05) is 13.6 Å². The average molecular weight is 409 g/mol. The number of aromatic hydroxyl groups is 1. The first-order chi connectivity index (χ1) is 14.3. The number of nitrogens with zero attached hydrogens (tertiary/aromatic N) is 1. The zero-order valence-corrected chi connectivity index (χ0v) is 17.3.